The van der Waals surface area contributed by atoms with Crippen LogP contribution < -0.4 is 0 Å². The number of ether oxygens (including phenoxy) is 2. The summed E-state index contributed by atoms with van der Waals surface area (Å²) in [6.07, 6.45) is 0.351. The lowest BCUT2D eigenvalue weighted by molar-refractivity contribution is -0.307. The zero-order chi connectivity index (χ0) is 10.2. The molecule has 0 N–H and O–H groups in total. The van der Waals surface area contributed by atoms with Crippen molar-refractivity contribution in [1.82, 2.24) is 0 Å². The molecule has 2 nitrogen and oxygen atoms in total. The quantitative estimate of drug-likeness (QED) is 0.583. The van der Waals surface area contributed by atoms with Gasteiger partial charge in [0.05, 0.1) is 12.2 Å². The molecule has 0 bridgehead atoms. The van der Waals surface area contributed by atoms with E-state index in [-0.39, 0.29) is 12.2 Å². The summed E-state index contributed by atoms with van der Waals surface area (Å²) in [5.74, 6) is -0.0965. The van der Waals surface area contributed by atoms with Gasteiger partial charge in [-0.1, -0.05) is 19.1 Å². The molecule has 0 saturated carbocycles. The lowest BCUT2D eigenvalue weighted by atomic mass is 9.92. The molecule has 1 fully saturated rings. The summed E-state index contributed by atoms with van der Waals surface area (Å²) in [5.41, 5.74) is 1.08. The Kier molecular flexibility index (Phi) is 2.83. The fourth-order valence-electron chi connectivity index (χ4n) is 1.79. The monoisotopic (exact) mass is 184 g/mol. The molecule has 1 saturated heterocycles. The Hall–Kier alpha value is -0.340. The maximum absolute atomic E-state index is 5.80. The predicted molar refractivity (Wildman–Crippen MR) is 53.5 cm³/mol. The largest absolute Gasteiger partial charge is 0.347 e. The van der Waals surface area contributed by atoms with Gasteiger partial charge in [0.1, 0.15) is 0 Å². The molecular formula is C11H20O2. The molecule has 0 aliphatic carbocycles. The van der Waals surface area contributed by atoms with E-state index in [4.69, 9.17) is 9.47 Å². The lowest BCUT2D eigenvalue weighted by Crippen LogP contribution is -2.49. The molecule has 0 amide bonds. The van der Waals surface area contributed by atoms with Crippen molar-refractivity contribution in [3.63, 3.8) is 0 Å². The van der Waals surface area contributed by atoms with Crippen LogP contribution in [0.2, 0.25) is 0 Å². The summed E-state index contributed by atoms with van der Waals surface area (Å²) in [7, 11) is 0. The molecule has 2 heteroatoms. The minimum atomic E-state index is -0.477. The highest BCUT2D eigenvalue weighted by molar-refractivity contribution is 5.03. The summed E-state index contributed by atoms with van der Waals surface area (Å²) in [6, 6.07) is 0. The van der Waals surface area contributed by atoms with Gasteiger partial charge in [0.25, 0.3) is 0 Å². The van der Waals surface area contributed by atoms with Gasteiger partial charge in [-0.05, 0) is 27.7 Å². The van der Waals surface area contributed by atoms with Crippen LogP contribution in [0.5, 0.6) is 0 Å². The van der Waals surface area contributed by atoms with Crippen LogP contribution in [-0.2, 0) is 9.47 Å². The smallest absolute Gasteiger partial charge is 0.163 e. The van der Waals surface area contributed by atoms with Crippen molar-refractivity contribution < 1.29 is 9.47 Å². The second-order valence-electron chi connectivity index (χ2n) is 4.47. The Bertz CT molecular complexity index is 208. The Balaban J connectivity index is 2.78. The molecule has 1 heterocycles. The Morgan fingerprint density at radius 3 is 2.23 bits per heavy atom. The SMILES string of the molecule is C=C(C)[C@H]1OC(C)(C)O[C@@H](C)[C@@H]1C. The topological polar surface area (TPSA) is 18.5 Å². The van der Waals surface area contributed by atoms with Crippen molar-refractivity contribution in [3.05, 3.63) is 12.2 Å². The van der Waals surface area contributed by atoms with Crippen molar-refractivity contribution in [2.75, 3.05) is 0 Å². The van der Waals surface area contributed by atoms with Crippen molar-refractivity contribution in [3.8, 4) is 0 Å². The van der Waals surface area contributed by atoms with Gasteiger partial charge in [-0.15, -0.1) is 0 Å². The molecule has 1 aliphatic heterocycles. The molecule has 0 aromatic rings. The average Bonchev–Trinajstić information content (AvgIpc) is 1.95. The highest BCUT2D eigenvalue weighted by atomic mass is 16.7. The molecule has 0 aromatic heterocycles. The number of hydrogen-bond donors (Lipinski definition) is 0. The molecule has 76 valence electrons. The summed E-state index contributed by atoms with van der Waals surface area (Å²) in [5, 5.41) is 0. The summed E-state index contributed by atoms with van der Waals surface area (Å²) < 4.78 is 11.5. The van der Waals surface area contributed by atoms with E-state index in [1.165, 1.54) is 0 Å². The van der Waals surface area contributed by atoms with Gasteiger partial charge < -0.3 is 9.47 Å². The van der Waals surface area contributed by atoms with Crippen LogP contribution >= 0.6 is 0 Å². The van der Waals surface area contributed by atoms with Crippen LogP contribution in [0.4, 0.5) is 0 Å². The van der Waals surface area contributed by atoms with Gasteiger partial charge in [-0.25, -0.2) is 0 Å². The van der Waals surface area contributed by atoms with Crippen molar-refractivity contribution in [1.29, 1.82) is 0 Å². The number of rotatable bonds is 1. The van der Waals surface area contributed by atoms with E-state index in [2.05, 4.69) is 20.4 Å². The van der Waals surface area contributed by atoms with E-state index in [1.807, 2.05) is 20.8 Å². The summed E-state index contributed by atoms with van der Waals surface area (Å²) >= 11 is 0. The van der Waals surface area contributed by atoms with E-state index in [0.717, 1.165) is 5.57 Å². The van der Waals surface area contributed by atoms with Crippen LogP contribution in [-0.4, -0.2) is 18.0 Å². The fraction of sp³-hybridized carbons (Fsp3) is 0.818. The first-order valence-corrected chi connectivity index (χ1v) is 4.84. The Labute approximate surface area is 80.9 Å². The summed E-state index contributed by atoms with van der Waals surface area (Å²) in [6.45, 7) is 14.1. The molecule has 1 aliphatic rings. The van der Waals surface area contributed by atoms with Crippen molar-refractivity contribution in [2.24, 2.45) is 5.92 Å². The van der Waals surface area contributed by atoms with Crippen molar-refractivity contribution >= 4 is 0 Å². The van der Waals surface area contributed by atoms with Crippen LogP contribution in [0.3, 0.4) is 0 Å². The van der Waals surface area contributed by atoms with Gasteiger partial charge in [0.15, 0.2) is 5.79 Å². The molecule has 1 rings (SSSR count). The molecule has 3 atom stereocenters. The Morgan fingerprint density at radius 1 is 1.23 bits per heavy atom. The van der Waals surface area contributed by atoms with Crippen LogP contribution in [0, 0.1) is 5.92 Å². The van der Waals surface area contributed by atoms with Crippen molar-refractivity contribution in [2.45, 2.75) is 52.6 Å². The highest BCUT2D eigenvalue weighted by Gasteiger charge is 2.38. The standard InChI is InChI=1S/C11H20O2/c1-7(2)10-8(3)9(4)12-11(5,6)13-10/h8-10H,1H2,2-6H3/t8-,9-,10+/m0/s1. The van der Waals surface area contributed by atoms with E-state index in [1.54, 1.807) is 0 Å². The first-order chi connectivity index (χ1) is 5.83. The van der Waals surface area contributed by atoms with E-state index in [0.29, 0.717) is 5.92 Å². The van der Waals surface area contributed by atoms with Crippen LogP contribution in [0.25, 0.3) is 0 Å². The maximum atomic E-state index is 5.80. The lowest BCUT2D eigenvalue weighted by Gasteiger charge is -2.44. The normalized spacial score (nSPS) is 38.7. The van der Waals surface area contributed by atoms with Gasteiger partial charge in [-0.2, -0.15) is 0 Å². The summed E-state index contributed by atoms with van der Waals surface area (Å²) in [4.78, 5) is 0. The Morgan fingerprint density at radius 2 is 1.77 bits per heavy atom. The highest BCUT2D eigenvalue weighted by Crippen LogP contribution is 2.33. The van der Waals surface area contributed by atoms with Gasteiger partial charge in [0, 0.05) is 5.92 Å². The van der Waals surface area contributed by atoms with Gasteiger partial charge in [-0.3, -0.25) is 0 Å². The molecular weight excluding hydrogens is 164 g/mol. The maximum Gasteiger partial charge on any atom is 0.163 e. The zero-order valence-electron chi connectivity index (χ0n) is 9.26. The van der Waals surface area contributed by atoms with E-state index >= 15 is 0 Å². The minimum Gasteiger partial charge on any atom is -0.347 e. The van der Waals surface area contributed by atoms with Gasteiger partial charge >= 0.3 is 0 Å². The second kappa shape index (κ2) is 3.43. The zero-order valence-corrected chi connectivity index (χ0v) is 9.26. The molecule has 0 spiro atoms. The van der Waals surface area contributed by atoms with E-state index in [9.17, 15) is 0 Å². The molecule has 0 unspecified atom stereocenters. The fourth-order valence-corrected chi connectivity index (χ4v) is 1.79. The molecule has 13 heavy (non-hydrogen) atoms. The second-order valence-corrected chi connectivity index (χ2v) is 4.47. The van der Waals surface area contributed by atoms with Gasteiger partial charge in [0.2, 0.25) is 0 Å². The first kappa shape index (κ1) is 10.7. The molecule has 0 radical (unpaired) electrons. The minimum absolute atomic E-state index is 0.124. The van der Waals surface area contributed by atoms with E-state index < -0.39 is 5.79 Å². The molecule has 0 aromatic carbocycles. The van der Waals surface area contributed by atoms with Crippen LogP contribution in [0.1, 0.15) is 34.6 Å². The third-order valence-electron chi connectivity index (χ3n) is 2.58. The predicted octanol–water partition coefficient (Wildman–Crippen LogP) is 2.74. The van der Waals surface area contributed by atoms with Crippen LogP contribution in [0.15, 0.2) is 12.2 Å². The first-order valence-electron chi connectivity index (χ1n) is 4.84. The average molecular weight is 184 g/mol. The number of hydrogen-bond acceptors (Lipinski definition) is 2. The third kappa shape index (κ3) is 2.32. The third-order valence-corrected chi connectivity index (χ3v) is 2.58.